The van der Waals surface area contributed by atoms with Crippen LogP contribution in [0, 0.1) is 0 Å². The first kappa shape index (κ1) is 9.85. The molecule has 0 atom stereocenters. The molecule has 0 aliphatic rings. The SMILES string of the molecule is O=Cn1ccc2c(-c3ccccc3)cccc21. The number of hydrogen-bond acceptors (Lipinski definition) is 1. The average Bonchev–Trinajstić information content (AvgIpc) is 2.82. The van der Waals surface area contributed by atoms with Crippen LogP contribution in [0.2, 0.25) is 0 Å². The van der Waals surface area contributed by atoms with E-state index in [1.54, 1.807) is 10.8 Å². The van der Waals surface area contributed by atoms with Gasteiger partial charge in [-0.2, -0.15) is 0 Å². The molecular weight excluding hydrogens is 210 g/mol. The van der Waals surface area contributed by atoms with Crippen LogP contribution < -0.4 is 0 Å². The van der Waals surface area contributed by atoms with Gasteiger partial charge in [0.2, 0.25) is 6.41 Å². The standard InChI is InChI=1S/C15H11NO/c17-11-16-10-9-14-13(7-4-8-15(14)16)12-5-2-1-3-6-12/h1-11H. The Morgan fingerprint density at radius 1 is 0.882 bits per heavy atom. The van der Waals surface area contributed by atoms with E-state index in [0.717, 1.165) is 22.9 Å². The molecule has 2 aromatic carbocycles. The summed E-state index contributed by atoms with van der Waals surface area (Å²) in [6, 6.07) is 18.2. The molecule has 0 saturated carbocycles. The summed E-state index contributed by atoms with van der Waals surface area (Å²) >= 11 is 0. The summed E-state index contributed by atoms with van der Waals surface area (Å²) in [6.07, 6.45) is 2.63. The minimum atomic E-state index is 0.830. The number of fused-ring (bicyclic) bond motifs is 1. The van der Waals surface area contributed by atoms with E-state index in [1.165, 1.54) is 5.56 Å². The maximum absolute atomic E-state index is 10.9. The first-order chi connectivity index (χ1) is 8.40. The zero-order chi connectivity index (χ0) is 11.7. The number of hydrogen-bond donors (Lipinski definition) is 0. The summed E-state index contributed by atoms with van der Waals surface area (Å²) in [7, 11) is 0. The fourth-order valence-corrected chi connectivity index (χ4v) is 2.15. The van der Waals surface area contributed by atoms with Gasteiger partial charge >= 0.3 is 0 Å². The quantitative estimate of drug-likeness (QED) is 0.608. The highest BCUT2D eigenvalue weighted by Crippen LogP contribution is 2.28. The molecule has 0 aliphatic carbocycles. The van der Waals surface area contributed by atoms with Crippen molar-refractivity contribution in [3.05, 3.63) is 60.8 Å². The average molecular weight is 221 g/mol. The van der Waals surface area contributed by atoms with Crippen molar-refractivity contribution in [3.63, 3.8) is 0 Å². The highest BCUT2D eigenvalue weighted by Gasteiger charge is 2.06. The fraction of sp³-hybridized carbons (Fsp3) is 0. The highest BCUT2D eigenvalue weighted by atomic mass is 16.1. The van der Waals surface area contributed by atoms with E-state index in [1.807, 2.05) is 36.4 Å². The van der Waals surface area contributed by atoms with Crippen LogP contribution >= 0.6 is 0 Å². The predicted molar refractivity (Wildman–Crippen MR) is 69.5 cm³/mol. The van der Waals surface area contributed by atoms with Crippen molar-refractivity contribution >= 4 is 17.3 Å². The lowest BCUT2D eigenvalue weighted by molar-refractivity contribution is 0.549. The molecule has 0 fully saturated rings. The van der Waals surface area contributed by atoms with Crippen molar-refractivity contribution in [1.82, 2.24) is 4.57 Å². The molecule has 1 heterocycles. The Balaban J connectivity index is 2.31. The number of rotatable bonds is 2. The fourth-order valence-electron chi connectivity index (χ4n) is 2.15. The van der Waals surface area contributed by atoms with Crippen LogP contribution in [0.3, 0.4) is 0 Å². The van der Waals surface area contributed by atoms with Crippen LogP contribution in [-0.2, 0) is 4.79 Å². The second kappa shape index (κ2) is 3.91. The minimum absolute atomic E-state index is 0.830. The van der Waals surface area contributed by atoms with Crippen molar-refractivity contribution in [1.29, 1.82) is 0 Å². The molecule has 1 aromatic heterocycles. The maximum atomic E-state index is 10.9. The van der Waals surface area contributed by atoms with Gasteiger partial charge in [-0.25, -0.2) is 0 Å². The van der Waals surface area contributed by atoms with Gasteiger partial charge in [-0.3, -0.25) is 9.36 Å². The Morgan fingerprint density at radius 3 is 2.47 bits per heavy atom. The normalized spacial score (nSPS) is 10.6. The largest absolute Gasteiger partial charge is 0.290 e. The Kier molecular flexibility index (Phi) is 2.26. The highest BCUT2D eigenvalue weighted by molar-refractivity contribution is 5.97. The van der Waals surface area contributed by atoms with Gasteiger partial charge in [0.1, 0.15) is 0 Å². The van der Waals surface area contributed by atoms with E-state index in [4.69, 9.17) is 0 Å². The summed E-state index contributed by atoms with van der Waals surface area (Å²) in [4.78, 5) is 10.9. The third kappa shape index (κ3) is 1.54. The minimum Gasteiger partial charge on any atom is -0.290 e. The van der Waals surface area contributed by atoms with Crippen molar-refractivity contribution in [2.75, 3.05) is 0 Å². The lowest BCUT2D eigenvalue weighted by Crippen LogP contribution is -1.90. The number of benzene rings is 2. The molecule has 2 heteroatoms. The van der Waals surface area contributed by atoms with Crippen LogP contribution in [-0.4, -0.2) is 11.0 Å². The topological polar surface area (TPSA) is 22.0 Å². The van der Waals surface area contributed by atoms with Crippen LogP contribution in [0.1, 0.15) is 0 Å². The van der Waals surface area contributed by atoms with Gasteiger partial charge in [0, 0.05) is 11.6 Å². The second-order valence-electron chi connectivity index (χ2n) is 3.93. The van der Waals surface area contributed by atoms with Gasteiger partial charge in [-0.05, 0) is 23.3 Å². The first-order valence-electron chi connectivity index (χ1n) is 5.50. The monoisotopic (exact) mass is 221 g/mol. The van der Waals surface area contributed by atoms with E-state index in [-0.39, 0.29) is 0 Å². The zero-order valence-corrected chi connectivity index (χ0v) is 9.21. The van der Waals surface area contributed by atoms with Crippen LogP contribution in [0.25, 0.3) is 22.0 Å². The summed E-state index contributed by atoms with van der Waals surface area (Å²) in [5, 5.41) is 1.10. The molecular formula is C15H11NO. The van der Waals surface area contributed by atoms with Gasteiger partial charge in [-0.1, -0.05) is 42.5 Å². The third-order valence-electron chi connectivity index (χ3n) is 2.96. The van der Waals surface area contributed by atoms with Gasteiger partial charge in [0.05, 0.1) is 5.52 Å². The van der Waals surface area contributed by atoms with E-state index >= 15 is 0 Å². The van der Waals surface area contributed by atoms with Crippen molar-refractivity contribution < 1.29 is 4.79 Å². The summed E-state index contributed by atoms with van der Waals surface area (Å²) in [5.41, 5.74) is 3.27. The molecule has 0 saturated heterocycles. The Hall–Kier alpha value is -2.35. The second-order valence-corrected chi connectivity index (χ2v) is 3.93. The van der Waals surface area contributed by atoms with E-state index in [0.29, 0.717) is 0 Å². The molecule has 0 spiro atoms. The molecule has 0 unspecified atom stereocenters. The predicted octanol–water partition coefficient (Wildman–Crippen LogP) is 3.35. The van der Waals surface area contributed by atoms with Crippen LogP contribution in [0.5, 0.6) is 0 Å². The van der Waals surface area contributed by atoms with E-state index in [9.17, 15) is 4.79 Å². The Labute approximate surface area is 99.1 Å². The smallest absolute Gasteiger partial charge is 0.218 e. The summed E-state index contributed by atoms with van der Waals surface area (Å²) in [5.74, 6) is 0. The van der Waals surface area contributed by atoms with Crippen molar-refractivity contribution in [2.45, 2.75) is 0 Å². The van der Waals surface area contributed by atoms with Gasteiger partial charge in [0.15, 0.2) is 0 Å². The lowest BCUT2D eigenvalue weighted by atomic mass is 10.0. The van der Waals surface area contributed by atoms with Crippen molar-refractivity contribution in [3.8, 4) is 11.1 Å². The molecule has 0 bridgehead atoms. The Morgan fingerprint density at radius 2 is 1.71 bits per heavy atom. The van der Waals surface area contributed by atoms with E-state index in [2.05, 4.69) is 18.2 Å². The van der Waals surface area contributed by atoms with Gasteiger partial charge in [-0.15, -0.1) is 0 Å². The summed E-state index contributed by atoms with van der Waals surface area (Å²) < 4.78 is 1.60. The number of carbonyl (C=O) groups is 1. The molecule has 0 aliphatic heterocycles. The number of carbonyl (C=O) groups excluding carboxylic acids is 1. The molecule has 3 rings (SSSR count). The molecule has 82 valence electrons. The molecule has 2 nitrogen and oxygen atoms in total. The van der Waals surface area contributed by atoms with Crippen LogP contribution in [0.4, 0.5) is 0 Å². The number of aromatic nitrogens is 1. The molecule has 3 aromatic rings. The van der Waals surface area contributed by atoms with Gasteiger partial charge in [0.25, 0.3) is 0 Å². The third-order valence-corrected chi connectivity index (χ3v) is 2.96. The number of nitrogens with zero attached hydrogens (tertiary/aromatic N) is 1. The van der Waals surface area contributed by atoms with Crippen LogP contribution in [0.15, 0.2) is 60.8 Å². The molecule has 0 radical (unpaired) electrons. The van der Waals surface area contributed by atoms with E-state index < -0.39 is 0 Å². The van der Waals surface area contributed by atoms with Gasteiger partial charge < -0.3 is 0 Å². The maximum Gasteiger partial charge on any atom is 0.218 e. The van der Waals surface area contributed by atoms with Crippen molar-refractivity contribution in [2.24, 2.45) is 0 Å². The summed E-state index contributed by atoms with van der Waals surface area (Å²) in [6.45, 7) is 0. The Bertz CT molecular complexity index is 668. The lowest BCUT2D eigenvalue weighted by Gasteiger charge is -2.03. The molecule has 17 heavy (non-hydrogen) atoms. The molecule has 0 amide bonds. The molecule has 0 N–H and O–H groups in total. The first-order valence-corrected chi connectivity index (χ1v) is 5.50. The zero-order valence-electron chi connectivity index (χ0n) is 9.21.